The third-order valence-corrected chi connectivity index (χ3v) is 3.34. The Bertz CT molecular complexity index is 528. The van der Waals surface area contributed by atoms with Crippen molar-refractivity contribution in [2.75, 3.05) is 5.32 Å². The highest BCUT2D eigenvalue weighted by Crippen LogP contribution is 3.02. The van der Waals surface area contributed by atoms with E-state index in [0.29, 0.717) is 0 Å². The number of rotatable bonds is 2. The number of benzene rings is 1. The molecule has 18 heavy (non-hydrogen) atoms. The summed E-state index contributed by atoms with van der Waals surface area (Å²) in [5.74, 6) is -2.26. The molecule has 0 saturated carbocycles. The summed E-state index contributed by atoms with van der Waals surface area (Å²) in [5, 5.41) is 0.189. The second kappa shape index (κ2) is 3.47. The lowest BCUT2D eigenvalue weighted by molar-refractivity contribution is -0.114. The van der Waals surface area contributed by atoms with Gasteiger partial charge in [-0.1, -0.05) is 31.0 Å². The fourth-order valence-electron chi connectivity index (χ4n) is 1.11. The van der Waals surface area contributed by atoms with Gasteiger partial charge in [0.2, 0.25) is 5.91 Å². The molecule has 104 valence electrons. The van der Waals surface area contributed by atoms with Gasteiger partial charge in [-0.05, 0) is 12.1 Å². The van der Waals surface area contributed by atoms with Crippen LogP contribution in [0, 0.1) is 5.82 Å². The number of hydrogen-bond donors (Lipinski definition) is 1. The van der Waals surface area contributed by atoms with Crippen molar-refractivity contribution in [3.63, 3.8) is 0 Å². The zero-order chi connectivity index (χ0) is 14.4. The first-order valence-corrected chi connectivity index (χ1v) is 6.54. The number of amides is 1. The second-order valence-corrected chi connectivity index (χ2v) is 6.20. The predicted octanol–water partition coefficient (Wildman–Crippen LogP) is 5.09. The third kappa shape index (κ3) is 3.45. The number of anilines is 1. The van der Waals surface area contributed by atoms with Crippen molar-refractivity contribution in [1.82, 2.24) is 0 Å². The Morgan fingerprint density at radius 2 is 1.72 bits per heavy atom. The molecule has 0 unspecified atom stereocenters. The Kier molecular flexibility index (Phi) is 2.89. The molecule has 1 N–H and O–H groups in total. The lowest BCUT2D eigenvalue weighted by Crippen LogP contribution is -2.11. The third-order valence-electron chi connectivity index (χ3n) is 1.75. The van der Waals surface area contributed by atoms with Crippen molar-refractivity contribution in [3.8, 4) is 0 Å². The van der Waals surface area contributed by atoms with Crippen LogP contribution in [-0.2, 0) is 4.79 Å². The van der Waals surface area contributed by atoms with Gasteiger partial charge in [-0.3, -0.25) is 4.79 Å². The molecule has 0 aromatic heterocycles. The van der Waals surface area contributed by atoms with Crippen LogP contribution in [0.1, 0.15) is 6.92 Å². The Labute approximate surface area is 103 Å². The molecule has 0 aliphatic rings. The van der Waals surface area contributed by atoms with Crippen LogP contribution in [0.5, 0.6) is 0 Å². The van der Waals surface area contributed by atoms with Gasteiger partial charge in [0.25, 0.3) is 0 Å². The van der Waals surface area contributed by atoms with Gasteiger partial charge in [-0.15, -0.1) is 0 Å². The van der Waals surface area contributed by atoms with E-state index in [-0.39, 0.29) is 12.1 Å². The summed E-state index contributed by atoms with van der Waals surface area (Å²) in [6.45, 7) is 0.882. The lowest BCUT2D eigenvalue weighted by Gasteiger charge is -2.41. The van der Waals surface area contributed by atoms with E-state index in [9.17, 15) is 28.6 Å². The molecular formula is C8H6ClF6NOS. The average molecular weight is 314 g/mol. The molecule has 0 bridgehead atoms. The van der Waals surface area contributed by atoms with E-state index in [1.807, 2.05) is 0 Å². The van der Waals surface area contributed by atoms with Gasteiger partial charge in [0, 0.05) is 6.92 Å². The van der Waals surface area contributed by atoms with Crippen LogP contribution in [0.3, 0.4) is 0 Å². The van der Waals surface area contributed by atoms with E-state index in [0.717, 1.165) is 6.92 Å². The van der Waals surface area contributed by atoms with Crippen molar-refractivity contribution in [1.29, 1.82) is 0 Å². The molecule has 0 saturated heterocycles. The standard InChI is InChI=1S/C8H6ClF6NOS/c1-4(17)16-7-3-8(5(9)2-6(7)10)18(11,12,13,14)15/h2-3H,1H3,(H,16,17). The van der Waals surface area contributed by atoms with Crippen LogP contribution in [0.2, 0.25) is 5.02 Å². The fraction of sp³-hybridized carbons (Fsp3) is 0.125. The molecule has 10 heteroatoms. The molecule has 0 fully saturated rings. The van der Waals surface area contributed by atoms with Crippen molar-refractivity contribution in [3.05, 3.63) is 23.0 Å². The van der Waals surface area contributed by atoms with Gasteiger partial charge in [0.15, 0.2) is 0 Å². The monoisotopic (exact) mass is 313 g/mol. The zero-order valence-electron chi connectivity index (χ0n) is 8.62. The summed E-state index contributed by atoms with van der Waals surface area (Å²) in [6, 6.07) is -0.152. The highest BCUT2D eigenvalue weighted by Gasteiger charge is 2.66. The number of carbonyl (C=O) groups excluding carboxylic acids is 1. The molecule has 1 aromatic rings. The van der Waals surface area contributed by atoms with E-state index < -0.39 is 37.6 Å². The molecule has 0 atom stereocenters. The molecule has 2 nitrogen and oxygen atoms in total. The lowest BCUT2D eigenvalue weighted by atomic mass is 10.3. The Morgan fingerprint density at radius 1 is 1.22 bits per heavy atom. The van der Waals surface area contributed by atoms with Crippen LogP contribution in [0.25, 0.3) is 0 Å². The number of carbonyl (C=O) groups is 1. The topological polar surface area (TPSA) is 29.1 Å². The van der Waals surface area contributed by atoms with E-state index in [2.05, 4.69) is 0 Å². The highest BCUT2D eigenvalue weighted by atomic mass is 35.5. The van der Waals surface area contributed by atoms with Gasteiger partial charge in [-0.25, -0.2) is 4.39 Å². The van der Waals surface area contributed by atoms with Crippen molar-refractivity contribution in [2.45, 2.75) is 11.8 Å². The van der Waals surface area contributed by atoms with Crippen molar-refractivity contribution >= 4 is 33.4 Å². The van der Waals surface area contributed by atoms with Crippen LogP contribution < -0.4 is 5.32 Å². The van der Waals surface area contributed by atoms with Crippen LogP contribution in [0.15, 0.2) is 17.0 Å². The average Bonchev–Trinajstić information content (AvgIpc) is 2.04. The van der Waals surface area contributed by atoms with Crippen LogP contribution >= 0.6 is 21.8 Å². The summed E-state index contributed by atoms with van der Waals surface area (Å²) in [4.78, 5) is 8.16. The van der Waals surface area contributed by atoms with E-state index >= 15 is 0 Å². The smallest absolute Gasteiger partial charge is 0.311 e. The van der Waals surface area contributed by atoms with Gasteiger partial charge in [0.05, 0.1) is 10.7 Å². The Hall–Kier alpha value is -1.09. The first kappa shape index (κ1) is 15.0. The predicted molar refractivity (Wildman–Crippen MR) is 57.1 cm³/mol. The molecule has 1 amide bonds. The van der Waals surface area contributed by atoms with Gasteiger partial charge < -0.3 is 5.32 Å². The fourth-order valence-corrected chi connectivity index (χ4v) is 2.47. The van der Waals surface area contributed by atoms with Crippen molar-refractivity contribution in [2.24, 2.45) is 0 Å². The minimum atomic E-state index is -10.0. The molecular weight excluding hydrogens is 308 g/mol. The first-order chi connectivity index (χ1) is 7.70. The maximum Gasteiger partial charge on any atom is 0.311 e. The molecule has 0 spiro atoms. The van der Waals surface area contributed by atoms with Gasteiger partial charge in [0.1, 0.15) is 10.7 Å². The number of nitrogens with one attached hydrogen (secondary N) is 1. The number of hydrogen-bond acceptors (Lipinski definition) is 1. The SMILES string of the molecule is CC(=O)Nc1cc(S(F)(F)(F)(F)F)c(Cl)cc1F. The minimum absolute atomic E-state index is 0.0695. The first-order valence-electron chi connectivity index (χ1n) is 4.21. The number of halogens is 7. The van der Waals surface area contributed by atoms with Gasteiger partial charge >= 0.3 is 10.2 Å². The Balaban J connectivity index is 3.54. The maximum atomic E-state index is 13.1. The van der Waals surface area contributed by atoms with E-state index in [1.54, 1.807) is 5.32 Å². The summed E-state index contributed by atoms with van der Waals surface area (Å²) in [6.07, 6.45) is 0. The molecule has 1 aromatic carbocycles. The molecule has 0 heterocycles. The Morgan fingerprint density at radius 3 is 2.11 bits per heavy atom. The summed E-state index contributed by atoms with van der Waals surface area (Å²) in [5.41, 5.74) is -1.02. The molecule has 1 rings (SSSR count). The summed E-state index contributed by atoms with van der Waals surface area (Å²) in [7, 11) is -10.0. The van der Waals surface area contributed by atoms with Crippen molar-refractivity contribution < 1.29 is 28.6 Å². The van der Waals surface area contributed by atoms with Crippen LogP contribution in [-0.4, -0.2) is 5.91 Å². The van der Waals surface area contributed by atoms with E-state index in [1.165, 1.54) is 0 Å². The second-order valence-electron chi connectivity index (χ2n) is 3.41. The minimum Gasteiger partial charge on any atom is -0.324 e. The summed E-state index contributed by atoms with van der Waals surface area (Å²) < 4.78 is 75.8. The largest absolute Gasteiger partial charge is 0.324 e. The zero-order valence-corrected chi connectivity index (χ0v) is 10.2. The normalized spacial score (nSPS) is 15.8. The summed E-state index contributed by atoms with van der Waals surface area (Å²) >= 11 is 4.98. The molecule has 0 aliphatic carbocycles. The highest BCUT2D eigenvalue weighted by molar-refractivity contribution is 8.45. The molecule has 0 aliphatic heterocycles. The van der Waals surface area contributed by atoms with Gasteiger partial charge in [-0.2, -0.15) is 0 Å². The van der Waals surface area contributed by atoms with Crippen LogP contribution in [0.4, 0.5) is 29.5 Å². The van der Waals surface area contributed by atoms with E-state index in [4.69, 9.17) is 11.6 Å². The maximum absolute atomic E-state index is 13.1. The quantitative estimate of drug-likeness (QED) is 0.757. The molecule has 0 radical (unpaired) electrons.